The maximum absolute atomic E-state index is 11.0. The van der Waals surface area contributed by atoms with E-state index in [1.165, 1.54) is 12.1 Å². The first-order valence-corrected chi connectivity index (χ1v) is 7.07. The molecule has 0 spiro atoms. The third-order valence-electron chi connectivity index (χ3n) is 3.35. The van der Waals surface area contributed by atoms with Gasteiger partial charge in [0.15, 0.2) is 0 Å². The average Bonchev–Trinajstić information content (AvgIpc) is 2.99. The van der Waals surface area contributed by atoms with Crippen molar-refractivity contribution in [3.8, 4) is 0 Å². The Morgan fingerprint density at radius 2 is 2.14 bits per heavy atom. The summed E-state index contributed by atoms with van der Waals surface area (Å²) in [6, 6.07) is 8.13. The number of anilines is 1. The van der Waals surface area contributed by atoms with Crippen LogP contribution in [0.5, 0.6) is 0 Å². The molecule has 6 nitrogen and oxygen atoms in total. The van der Waals surface area contributed by atoms with E-state index in [4.69, 9.17) is 5.11 Å². The van der Waals surface area contributed by atoms with Crippen molar-refractivity contribution in [2.45, 2.75) is 13.0 Å². The lowest BCUT2D eigenvalue weighted by Crippen LogP contribution is -2.21. The number of benzene rings is 1. The summed E-state index contributed by atoms with van der Waals surface area (Å²) in [4.78, 5) is 24.4. The van der Waals surface area contributed by atoms with Crippen LogP contribution in [0, 0.1) is 10.1 Å². The zero-order chi connectivity index (χ0) is 15.6. The molecule has 1 unspecified atom stereocenters. The number of nitro benzene ring substituents is 1. The van der Waals surface area contributed by atoms with E-state index in [1.54, 1.807) is 17.4 Å². The zero-order valence-corrected chi connectivity index (χ0v) is 12.3. The van der Waals surface area contributed by atoms with Gasteiger partial charge in [-0.05, 0) is 30.5 Å². The third-order valence-corrected chi connectivity index (χ3v) is 4.39. The molecule has 0 saturated heterocycles. The summed E-state index contributed by atoms with van der Waals surface area (Å²) in [5.74, 6) is -1.30. The summed E-state index contributed by atoms with van der Waals surface area (Å²) in [6.45, 7) is 1.99. The summed E-state index contributed by atoms with van der Waals surface area (Å²) in [5, 5.41) is 22.0. The van der Waals surface area contributed by atoms with Crippen molar-refractivity contribution in [2.75, 3.05) is 11.9 Å². The standard InChI is InChI=1S/C14H14N2O4S/c1-9(13-4-3-7-21-13)15(2)10-5-6-11(14(17)18)12(8-10)16(19)20/h3-9H,1-2H3,(H,17,18). The van der Waals surface area contributed by atoms with E-state index < -0.39 is 16.6 Å². The number of carboxylic acids is 1. The van der Waals surface area contributed by atoms with Crippen molar-refractivity contribution in [1.82, 2.24) is 0 Å². The first kappa shape index (κ1) is 15.0. The van der Waals surface area contributed by atoms with Crippen LogP contribution in [0.25, 0.3) is 0 Å². The van der Waals surface area contributed by atoms with Crippen LogP contribution in [0.3, 0.4) is 0 Å². The number of rotatable bonds is 5. The fourth-order valence-electron chi connectivity index (χ4n) is 2.01. The highest BCUT2D eigenvalue weighted by molar-refractivity contribution is 7.10. The van der Waals surface area contributed by atoms with Crippen molar-refractivity contribution in [2.24, 2.45) is 0 Å². The van der Waals surface area contributed by atoms with Gasteiger partial charge >= 0.3 is 5.97 Å². The monoisotopic (exact) mass is 306 g/mol. The molecule has 1 atom stereocenters. The number of hydrogen-bond acceptors (Lipinski definition) is 5. The minimum Gasteiger partial charge on any atom is -0.477 e. The van der Waals surface area contributed by atoms with Crippen LogP contribution >= 0.6 is 11.3 Å². The van der Waals surface area contributed by atoms with Gasteiger partial charge in [0.25, 0.3) is 5.69 Å². The molecule has 110 valence electrons. The molecule has 1 heterocycles. The minimum atomic E-state index is -1.30. The summed E-state index contributed by atoms with van der Waals surface area (Å²) in [7, 11) is 1.82. The largest absolute Gasteiger partial charge is 0.477 e. The van der Waals surface area contributed by atoms with Gasteiger partial charge in [-0.1, -0.05) is 6.07 Å². The molecule has 1 aromatic carbocycles. The summed E-state index contributed by atoms with van der Waals surface area (Å²) in [6.07, 6.45) is 0. The first-order chi connectivity index (χ1) is 9.91. The highest BCUT2D eigenvalue weighted by atomic mass is 32.1. The van der Waals surface area contributed by atoms with Crippen LogP contribution in [-0.4, -0.2) is 23.0 Å². The molecule has 0 bridgehead atoms. The summed E-state index contributed by atoms with van der Waals surface area (Å²) in [5.41, 5.74) is -0.0984. The van der Waals surface area contributed by atoms with Crippen LogP contribution in [-0.2, 0) is 0 Å². The van der Waals surface area contributed by atoms with E-state index in [2.05, 4.69) is 0 Å². The Morgan fingerprint density at radius 3 is 2.67 bits per heavy atom. The molecule has 0 aliphatic heterocycles. The first-order valence-electron chi connectivity index (χ1n) is 6.19. The molecular formula is C14H14N2O4S. The molecule has 2 rings (SSSR count). The summed E-state index contributed by atoms with van der Waals surface area (Å²) < 4.78 is 0. The van der Waals surface area contributed by atoms with Gasteiger partial charge < -0.3 is 10.0 Å². The second-order valence-electron chi connectivity index (χ2n) is 4.57. The molecule has 1 N–H and O–H groups in total. The predicted molar refractivity (Wildman–Crippen MR) is 81.2 cm³/mol. The van der Waals surface area contributed by atoms with E-state index in [1.807, 2.05) is 36.4 Å². The molecule has 2 aromatic rings. The van der Waals surface area contributed by atoms with Gasteiger partial charge in [0, 0.05) is 23.7 Å². The van der Waals surface area contributed by atoms with Crippen LogP contribution in [0.1, 0.15) is 28.2 Å². The lowest BCUT2D eigenvalue weighted by atomic mass is 10.1. The number of nitro groups is 1. The Morgan fingerprint density at radius 1 is 1.43 bits per heavy atom. The van der Waals surface area contributed by atoms with Gasteiger partial charge in [0.05, 0.1) is 11.0 Å². The van der Waals surface area contributed by atoms with Crippen LogP contribution in [0.2, 0.25) is 0 Å². The third kappa shape index (κ3) is 3.03. The number of aromatic carboxylic acids is 1. The maximum Gasteiger partial charge on any atom is 0.342 e. The van der Waals surface area contributed by atoms with Crippen molar-refractivity contribution in [3.05, 3.63) is 56.3 Å². The van der Waals surface area contributed by atoms with Crippen molar-refractivity contribution >= 4 is 28.7 Å². The summed E-state index contributed by atoms with van der Waals surface area (Å²) >= 11 is 1.60. The molecule has 0 aliphatic rings. The van der Waals surface area contributed by atoms with Crippen LogP contribution < -0.4 is 4.90 Å². The SMILES string of the molecule is CC(c1cccs1)N(C)c1ccc(C(=O)O)c([N+](=O)[O-])c1. The maximum atomic E-state index is 11.0. The second kappa shape index (κ2) is 5.92. The van der Waals surface area contributed by atoms with Crippen molar-refractivity contribution in [3.63, 3.8) is 0 Å². The van der Waals surface area contributed by atoms with E-state index in [0.29, 0.717) is 5.69 Å². The van der Waals surface area contributed by atoms with Crippen LogP contribution in [0.15, 0.2) is 35.7 Å². The van der Waals surface area contributed by atoms with E-state index >= 15 is 0 Å². The van der Waals surface area contributed by atoms with E-state index in [0.717, 1.165) is 4.88 Å². The molecular weight excluding hydrogens is 292 g/mol. The van der Waals surface area contributed by atoms with Gasteiger partial charge in [0.1, 0.15) is 5.56 Å². The lowest BCUT2D eigenvalue weighted by Gasteiger charge is -2.26. The van der Waals surface area contributed by atoms with Gasteiger partial charge in [-0.3, -0.25) is 10.1 Å². The topological polar surface area (TPSA) is 83.7 Å². The van der Waals surface area contributed by atoms with Crippen molar-refractivity contribution < 1.29 is 14.8 Å². The fraction of sp³-hybridized carbons (Fsp3) is 0.214. The molecule has 1 aromatic heterocycles. The number of thiophene rings is 1. The molecule has 0 fully saturated rings. The Kier molecular flexibility index (Phi) is 4.23. The quantitative estimate of drug-likeness (QED) is 0.674. The number of nitrogens with zero attached hydrogens (tertiary/aromatic N) is 2. The Labute approximate surface area is 125 Å². The lowest BCUT2D eigenvalue weighted by molar-refractivity contribution is -0.385. The number of carboxylic acid groups (broad SMARTS) is 1. The molecule has 0 radical (unpaired) electrons. The smallest absolute Gasteiger partial charge is 0.342 e. The highest BCUT2D eigenvalue weighted by Gasteiger charge is 2.22. The van der Waals surface area contributed by atoms with E-state index in [9.17, 15) is 14.9 Å². The molecule has 0 aliphatic carbocycles. The number of carbonyl (C=O) groups is 1. The molecule has 21 heavy (non-hydrogen) atoms. The molecule has 0 saturated carbocycles. The van der Waals surface area contributed by atoms with Gasteiger partial charge in [-0.2, -0.15) is 0 Å². The van der Waals surface area contributed by atoms with Crippen molar-refractivity contribution in [1.29, 1.82) is 0 Å². The second-order valence-corrected chi connectivity index (χ2v) is 5.55. The van der Waals surface area contributed by atoms with Gasteiger partial charge in [-0.25, -0.2) is 4.79 Å². The Hall–Kier alpha value is -2.41. The Bertz CT molecular complexity index is 670. The van der Waals surface area contributed by atoms with Crippen LogP contribution in [0.4, 0.5) is 11.4 Å². The van der Waals surface area contributed by atoms with E-state index in [-0.39, 0.29) is 11.6 Å². The Balaban J connectivity index is 2.38. The zero-order valence-electron chi connectivity index (χ0n) is 11.5. The molecule has 7 heteroatoms. The fourth-order valence-corrected chi connectivity index (χ4v) is 2.84. The number of hydrogen-bond donors (Lipinski definition) is 1. The van der Waals surface area contributed by atoms with Gasteiger partial charge in [0.2, 0.25) is 0 Å². The predicted octanol–water partition coefficient (Wildman–Crippen LogP) is 3.55. The highest BCUT2D eigenvalue weighted by Crippen LogP contribution is 2.31. The average molecular weight is 306 g/mol. The normalized spacial score (nSPS) is 11.9. The molecule has 0 amide bonds. The minimum absolute atomic E-state index is 0.0419. The van der Waals surface area contributed by atoms with Gasteiger partial charge in [-0.15, -0.1) is 11.3 Å².